The van der Waals surface area contributed by atoms with Gasteiger partial charge in [0.2, 0.25) is 0 Å². The molecule has 0 fully saturated rings. The van der Waals surface area contributed by atoms with Crippen LogP contribution in [0.5, 0.6) is 0 Å². The van der Waals surface area contributed by atoms with E-state index in [0.29, 0.717) is 11.4 Å². The van der Waals surface area contributed by atoms with Crippen molar-refractivity contribution in [2.24, 2.45) is 0 Å². The van der Waals surface area contributed by atoms with Gasteiger partial charge in [0.1, 0.15) is 5.01 Å². The molecule has 1 N–H and O–H groups in total. The van der Waals surface area contributed by atoms with Crippen LogP contribution >= 0.6 is 34.3 Å². The number of hydrogen-bond acceptors (Lipinski definition) is 6. The van der Waals surface area contributed by atoms with Crippen LogP contribution in [0.25, 0.3) is 4.96 Å². The predicted molar refractivity (Wildman–Crippen MR) is 83.5 cm³/mol. The van der Waals surface area contributed by atoms with Crippen LogP contribution in [0.15, 0.2) is 28.2 Å². The van der Waals surface area contributed by atoms with E-state index in [0.717, 1.165) is 5.01 Å². The molecular formula is C11H11ClN4O2S3. The van der Waals surface area contributed by atoms with E-state index in [4.69, 9.17) is 11.6 Å². The minimum absolute atomic E-state index is 0.0247. The van der Waals surface area contributed by atoms with E-state index in [9.17, 15) is 8.42 Å². The maximum atomic E-state index is 12.6. The minimum atomic E-state index is -3.79. The lowest BCUT2D eigenvalue weighted by atomic mass is 10.3. The monoisotopic (exact) mass is 362 g/mol. The molecule has 1 unspecified atom stereocenters. The highest BCUT2D eigenvalue weighted by molar-refractivity contribution is 7.89. The van der Waals surface area contributed by atoms with Gasteiger partial charge in [-0.2, -0.15) is 4.72 Å². The first-order valence-electron chi connectivity index (χ1n) is 6.05. The molecule has 21 heavy (non-hydrogen) atoms. The summed E-state index contributed by atoms with van der Waals surface area (Å²) in [5, 5.41) is 4.24. The van der Waals surface area contributed by atoms with E-state index < -0.39 is 10.0 Å². The summed E-state index contributed by atoms with van der Waals surface area (Å²) in [6.45, 7) is 1.90. The number of aromatic nitrogens is 3. The summed E-state index contributed by atoms with van der Waals surface area (Å²) >= 11 is 8.72. The van der Waals surface area contributed by atoms with Gasteiger partial charge in [0, 0.05) is 23.2 Å². The van der Waals surface area contributed by atoms with Gasteiger partial charge in [-0.1, -0.05) is 18.5 Å². The normalized spacial score (nSPS) is 13.8. The van der Waals surface area contributed by atoms with Crippen molar-refractivity contribution in [3.05, 3.63) is 33.3 Å². The smallest absolute Gasteiger partial charge is 0.260 e. The van der Waals surface area contributed by atoms with Gasteiger partial charge in [-0.05, 0) is 6.42 Å². The molecule has 0 aliphatic heterocycles. The van der Waals surface area contributed by atoms with Crippen molar-refractivity contribution in [1.82, 2.24) is 19.1 Å². The molecule has 0 saturated carbocycles. The number of imidazole rings is 1. The number of nitrogens with zero attached hydrogens (tertiary/aromatic N) is 3. The number of rotatable bonds is 5. The molecule has 0 bridgehead atoms. The van der Waals surface area contributed by atoms with Crippen LogP contribution in [0.2, 0.25) is 5.15 Å². The molecule has 0 amide bonds. The average molecular weight is 363 g/mol. The highest BCUT2D eigenvalue weighted by Gasteiger charge is 2.28. The van der Waals surface area contributed by atoms with Crippen molar-refractivity contribution in [2.45, 2.75) is 24.4 Å². The standard InChI is InChI=1S/C11H11ClN4O2S3/c1-2-7(9-13-3-5-19-9)15-21(17,18)10-8(12)14-11-16(10)4-6-20-11/h3-7,15H,2H2,1H3. The van der Waals surface area contributed by atoms with Crippen molar-refractivity contribution in [1.29, 1.82) is 0 Å². The van der Waals surface area contributed by atoms with Gasteiger partial charge >= 0.3 is 0 Å². The maximum Gasteiger partial charge on any atom is 0.260 e. The predicted octanol–water partition coefficient (Wildman–Crippen LogP) is 2.94. The molecule has 3 rings (SSSR count). The van der Waals surface area contributed by atoms with E-state index in [1.807, 2.05) is 12.3 Å². The van der Waals surface area contributed by atoms with Crippen LogP contribution in [-0.4, -0.2) is 22.8 Å². The molecule has 0 saturated heterocycles. The lowest BCUT2D eigenvalue weighted by molar-refractivity contribution is 0.545. The second-order valence-electron chi connectivity index (χ2n) is 4.22. The van der Waals surface area contributed by atoms with Crippen molar-refractivity contribution < 1.29 is 8.42 Å². The van der Waals surface area contributed by atoms with Gasteiger partial charge in [-0.3, -0.25) is 4.40 Å². The number of sulfonamides is 1. The molecule has 6 nitrogen and oxygen atoms in total. The number of fused-ring (bicyclic) bond motifs is 1. The third kappa shape index (κ3) is 2.71. The molecule has 3 aromatic heterocycles. The van der Waals surface area contributed by atoms with E-state index in [1.54, 1.807) is 17.8 Å². The number of hydrogen-bond donors (Lipinski definition) is 1. The van der Waals surface area contributed by atoms with Crippen LogP contribution in [0, 0.1) is 0 Å². The summed E-state index contributed by atoms with van der Waals surface area (Å²) in [5.41, 5.74) is 0. The zero-order valence-corrected chi connectivity index (χ0v) is 14.1. The van der Waals surface area contributed by atoms with Crippen molar-refractivity contribution in [2.75, 3.05) is 0 Å². The van der Waals surface area contributed by atoms with Gasteiger partial charge < -0.3 is 0 Å². The first kappa shape index (κ1) is 14.9. The van der Waals surface area contributed by atoms with Crippen LogP contribution < -0.4 is 4.72 Å². The van der Waals surface area contributed by atoms with Gasteiger partial charge in [0.05, 0.1) is 6.04 Å². The van der Waals surface area contributed by atoms with Gasteiger partial charge in [0.25, 0.3) is 10.0 Å². The summed E-state index contributed by atoms with van der Waals surface area (Å²) in [4.78, 5) is 8.76. The molecule has 0 aliphatic carbocycles. The van der Waals surface area contributed by atoms with E-state index in [-0.39, 0.29) is 16.2 Å². The molecular weight excluding hydrogens is 352 g/mol. The Morgan fingerprint density at radius 2 is 2.24 bits per heavy atom. The lowest BCUT2D eigenvalue weighted by Gasteiger charge is -2.14. The second kappa shape index (κ2) is 5.65. The molecule has 0 radical (unpaired) electrons. The first-order valence-corrected chi connectivity index (χ1v) is 9.67. The minimum Gasteiger partial charge on any atom is -0.279 e. The Balaban J connectivity index is 2.00. The Bertz CT molecular complexity index is 853. The number of nitrogens with one attached hydrogen (secondary N) is 1. The molecule has 0 aliphatic rings. The zero-order valence-electron chi connectivity index (χ0n) is 10.9. The van der Waals surface area contributed by atoms with E-state index in [1.165, 1.54) is 27.1 Å². The topological polar surface area (TPSA) is 76.4 Å². The maximum absolute atomic E-state index is 12.6. The molecule has 3 heterocycles. The first-order chi connectivity index (χ1) is 10.0. The van der Waals surface area contributed by atoms with Crippen molar-refractivity contribution in [3.8, 4) is 0 Å². The molecule has 0 spiro atoms. The fraction of sp³-hybridized carbons (Fsp3) is 0.273. The number of thiazole rings is 2. The summed E-state index contributed by atoms with van der Waals surface area (Å²) in [6.07, 6.45) is 3.88. The zero-order chi connectivity index (χ0) is 15.0. The Hall–Kier alpha value is -1.00. The summed E-state index contributed by atoms with van der Waals surface area (Å²) in [7, 11) is -3.79. The molecule has 3 aromatic rings. The SMILES string of the molecule is CCC(NS(=O)(=O)c1c(Cl)nc2sccn12)c1nccs1. The molecule has 0 aromatic carbocycles. The number of halogens is 1. The lowest BCUT2D eigenvalue weighted by Crippen LogP contribution is -2.29. The van der Waals surface area contributed by atoms with Gasteiger partial charge in [0.15, 0.2) is 15.1 Å². The fourth-order valence-corrected chi connectivity index (χ4v) is 5.52. The summed E-state index contributed by atoms with van der Waals surface area (Å²) in [6, 6.07) is -0.379. The molecule has 1 atom stereocenters. The highest BCUT2D eigenvalue weighted by Crippen LogP contribution is 2.28. The van der Waals surface area contributed by atoms with Crippen LogP contribution in [0.1, 0.15) is 24.4 Å². The fourth-order valence-electron chi connectivity index (χ4n) is 1.94. The Kier molecular flexibility index (Phi) is 4.02. The van der Waals surface area contributed by atoms with Crippen LogP contribution in [0.3, 0.4) is 0 Å². The van der Waals surface area contributed by atoms with Crippen LogP contribution in [-0.2, 0) is 10.0 Å². The molecule has 112 valence electrons. The van der Waals surface area contributed by atoms with Crippen molar-refractivity contribution in [3.63, 3.8) is 0 Å². The Labute approximate surface area is 134 Å². The summed E-state index contributed by atoms with van der Waals surface area (Å²) in [5.74, 6) is 0. The second-order valence-corrected chi connectivity index (χ2v) is 8.00. The quantitative estimate of drug-likeness (QED) is 0.757. The molecule has 10 heteroatoms. The average Bonchev–Trinajstić information content (AvgIpc) is 3.11. The third-order valence-corrected chi connectivity index (χ3v) is 6.40. The van der Waals surface area contributed by atoms with E-state index >= 15 is 0 Å². The Morgan fingerprint density at radius 3 is 2.90 bits per heavy atom. The third-order valence-electron chi connectivity index (χ3n) is 2.89. The van der Waals surface area contributed by atoms with E-state index in [2.05, 4.69) is 14.7 Å². The highest BCUT2D eigenvalue weighted by atomic mass is 35.5. The Morgan fingerprint density at radius 1 is 1.43 bits per heavy atom. The summed E-state index contributed by atoms with van der Waals surface area (Å²) < 4.78 is 29.4. The van der Waals surface area contributed by atoms with Crippen molar-refractivity contribution >= 4 is 49.3 Å². The van der Waals surface area contributed by atoms with Crippen LogP contribution in [0.4, 0.5) is 0 Å². The van der Waals surface area contributed by atoms with Gasteiger partial charge in [-0.15, -0.1) is 22.7 Å². The largest absolute Gasteiger partial charge is 0.279 e. The van der Waals surface area contributed by atoms with Gasteiger partial charge in [-0.25, -0.2) is 18.4 Å².